The summed E-state index contributed by atoms with van der Waals surface area (Å²) in [5, 5.41) is 2.20. The first-order chi connectivity index (χ1) is 6.36. The van der Waals surface area contributed by atoms with Crippen LogP contribution in [0.25, 0.3) is 10.8 Å². The Morgan fingerprint density at radius 2 is 1.64 bits per heavy atom. The fourth-order valence-electron chi connectivity index (χ4n) is 1.54. The molecular formula is C11H11HfO2-. The van der Waals surface area contributed by atoms with Gasteiger partial charge in [-0.2, -0.15) is 12.1 Å². The Kier molecular flexibility index (Phi) is 3.81. The maximum Gasteiger partial charge on any atom is 0.0763 e. The third kappa shape index (κ3) is 1.73. The second-order valence-corrected chi connectivity index (χ2v) is 2.82. The molecule has 0 N–H and O–H groups in total. The normalized spacial score (nSPS) is 9.57. The van der Waals surface area contributed by atoms with Gasteiger partial charge in [-0.3, -0.25) is 0 Å². The average molecular weight is 354 g/mol. The van der Waals surface area contributed by atoms with E-state index < -0.39 is 0 Å². The van der Waals surface area contributed by atoms with Crippen LogP contribution in [0.1, 0.15) is 0 Å². The van der Waals surface area contributed by atoms with Crippen LogP contribution in [0.3, 0.4) is 0 Å². The minimum absolute atomic E-state index is 0. The van der Waals surface area contributed by atoms with Crippen LogP contribution in [0.4, 0.5) is 0 Å². The molecule has 72 valence electrons. The van der Waals surface area contributed by atoms with E-state index in [-0.39, 0.29) is 25.8 Å². The van der Waals surface area contributed by atoms with E-state index in [0.717, 1.165) is 22.3 Å². The van der Waals surface area contributed by atoms with Gasteiger partial charge in [0.2, 0.25) is 0 Å². The Labute approximate surface area is 102 Å². The smallest absolute Gasteiger partial charge is 0.0763 e. The van der Waals surface area contributed by atoms with Crippen molar-refractivity contribution in [2.24, 2.45) is 0 Å². The number of fused-ring (bicyclic) bond motifs is 1. The maximum absolute atomic E-state index is 5.23. The maximum atomic E-state index is 5.23. The molecule has 0 spiro atoms. The summed E-state index contributed by atoms with van der Waals surface area (Å²) in [7, 11) is 3.35. The summed E-state index contributed by atoms with van der Waals surface area (Å²) in [6, 6.07) is 9.88. The Morgan fingerprint density at radius 3 is 2.29 bits per heavy atom. The van der Waals surface area contributed by atoms with Crippen LogP contribution in [0.2, 0.25) is 0 Å². The summed E-state index contributed by atoms with van der Waals surface area (Å²) in [6.45, 7) is 0. The van der Waals surface area contributed by atoms with Gasteiger partial charge in [-0.25, -0.2) is 0 Å². The summed E-state index contributed by atoms with van der Waals surface area (Å²) in [6.07, 6.45) is 0. The van der Waals surface area contributed by atoms with Gasteiger partial charge >= 0.3 is 0 Å². The van der Waals surface area contributed by atoms with Gasteiger partial charge in [-0.1, -0.05) is 11.5 Å². The second-order valence-electron chi connectivity index (χ2n) is 2.82. The zero-order chi connectivity index (χ0) is 9.26. The van der Waals surface area contributed by atoms with Crippen LogP contribution in [0.5, 0.6) is 11.5 Å². The third-order valence-electron chi connectivity index (χ3n) is 2.17. The van der Waals surface area contributed by atoms with E-state index in [2.05, 4.69) is 0 Å². The summed E-state index contributed by atoms with van der Waals surface area (Å²) >= 11 is 0. The molecule has 0 radical (unpaired) electrons. The molecule has 0 amide bonds. The molecule has 14 heavy (non-hydrogen) atoms. The van der Waals surface area contributed by atoms with Gasteiger partial charge in [0, 0.05) is 31.6 Å². The summed E-state index contributed by atoms with van der Waals surface area (Å²) in [4.78, 5) is 0. The molecule has 0 aliphatic carbocycles. The fraction of sp³-hybridized carbons (Fsp3) is 0.182. The van der Waals surface area contributed by atoms with Crippen molar-refractivity contribution in [2.45, 2.75) is 0 Å². The number of ether oxygens (including phenoxy) is 2. The van der Waals surface area contributed by atoms with E-state index in [0.29, 0.717) is 0 Å². The second kappa shape index (κ2) is 4.69. The molecule has 0 aliphatic rings. The van der Waals surface area contributed by atoms with Gasteiger partial charge in [0.15, 0.2) is 0 Å². The van der Waals surface area contributed by atoms with Crippen LogP contribution in [-0.4, -0.2) is 14.2 Å². The molecule has 0 bridgehead atoms. The van der Waals surface area contributed by atoms with Crippen molar-refractivity contribution in [3.63, 3.8) is 0 Å². The van der Waals surface area contributed by atoms with E-state index >= 15 is 0 Å². The fourth-order valence-corrected chi connectivity index (χ4v) is 1.54. The molecule has 0 aliphatic heterocycles. The Hall–Kier alpha value is -0.700. The van der Waals surface area contributed by atoms with Gasteiger partial charge in [-0.15, -0.1) is 11.5 Å². The minimum atomic E-state index is 0. The summed E-state index contributed by atoms with van der Waals surface area (Å²) < 4.78 is 10.5. The predicted octanol–water partition coefficient (Wildman–Crippen LogP) is 2.57. The summed E-state index contributed by atoms with van der Waals surface area (Å²) in [5.41, 5.74) is 0. The standard InChI is InChI=1S/C11H11O2.Hf/c1-12-10-6-7-11(13-2)9-5-3-4-8(9)10;/h3-7H,1-2H3;/q-1;. The van der Waals surface area contributed by atoms with E-state index in [4.69, 9.17) is 9.47 Å². The van der Waals surface area contributed by atoms with Gasteiger partial charge in [0.1, 0.15) is 0 Å². The number of hydrogen-bond donors (Lipinski definition) is 0. The third-order valence-corrected chi connectivity index (χ3v) is 2.17. The molecule has 0 fully saturated rings. The quantitative estimate of drug-likeness (QED) is 0.610. The van der Waals surface area contributed by atoms with Crippen LogP contribution in [-0.2, 0) is 25.8 Å². The molecule has 2 nitrogen and oxygen atoms in total. The number of methoxy groups -OCH3 is 2. The molecule has 0 saturated carbocycles. The first-order valence-corrected chi connectivity index (χ1v) is 4.13. The summed E-state index contributed by atoms with van der Waals surface area (Å²) in [5.74, 6) is 1.78. The number of benzene rings is 1. The molecule has 0 atom stereocenters. The molecule has 0 unspecified atom stereocenters. The molecule has 3 heteroatoms. The van der Waals surface area contributed by atoms with Crippen molar-refractivity contribution in [3.05, 3.63) is 30.3 Å². The van der Waals surface area contributed by atoms with Crippen molar-refractivity contribution >= 4 is 10.8 Å². The molecular weight excluding hydrogens is 343 g/mol. The first kappa shape index (κ1) is 11.4. The SMILES string of the molecule is COc1ccc(OC)c2[cH-]ccc12.[Hf]. The molecule has 0 aromatic heterocycles. The number of hydrogen-bond acceptors (Lipinski definition) is 2. The van der Waals surface area contributed by atoms with Crippen LogP contribution in [0, 0.1) is 0 Å². The van der Waals surface area contributed by atoms with E-state index in [1.807, 2.05) is 30.3 Å². The van der Waals surface area contributed by atoms with Crippen LogP contribution in [0.15, 0.2) is 30.3 Å². The van der Waals surface area contributed by atoms with Crippen molar-refractivity contribution < 1.29 is 35.3 Å². The minimum Gasteiger partial charge on any atom is -0.539 e. The van der Waals surface area contributed by atoms with Gasteiger partial charge in [-0.05, 0) is 6.07 Å². The van der Waals surface area contributed by atoms with Crippen molar-refractivity contribution in [3.8, 4) is 11.5 Å². The zero-order valence-corrected chi connectivity index (χ0v) is 11.8. The topological polar surface area (TPSA) is 18.5 Å². The molecule has 0 heterocycles. The molecule has 2 aromatic rings. The van der Waals surface area contributed by atoms with Crippen LogP contribution < -0.4 is 9.47 Å². The Balaban J connectivity index is 0.000000980. The number of rotatable bonds is 2. The van der Waals surface area contributed by atoms with E-state index in [9.17, 15) is 0 Å². The van der Waals surface area contributed by atoms with E-state index in [1.54, 1.807) is 14.2 Å². The monoisotopic (exact) mass is 355 g/mol. The Bertz CT molecular complexity index is 382. The molecule has 0 saturated heterocycles. The predicted molar refractivity (Wildman–Crippen MR) is 52.6 cm³/mol. The average Bonchev–Trinajstić information content (AvgIpc) is 2.64. The van der Waals surface area contributed by atoms with Crippen LogP contribution >= 0.6 is 0 Å². The zero-order valence-electron chi connectivity index (χ0n) is 8.20. The largest absolute Gasteiger partial charge is 0.539 e. The van der Waals surface area contributed by atoms with Gasteiger partial charge in [0.05, 0.1) is 20.0 Å². The van der Waals surface area contributed by atoms with Crippen molar-refractivity contribution in [2.75, 3.05) is 14.2 Å². The first-order valence-electron chi connectivity index (χ1n) is 4.13. The van der Waals surface area contributed by atoms with Gasteiger partial charge in [0.25, 0.3) is 0 Å². The molecule has 2 aromatic carbocycles. The molecule has 2 rings (SSSR count). The van der Waals surface area contributed by atoms with Gasteiger partial charge < -0.3 is 9.47 Å². The Morgan fingerprint density at radius 1 is 1.00 bits per heavy atom. The van der Waals surface area contributed by atoms with Crippen molar-refractivity contribution in [1.29, 1.82) is 0 Å². The van der Waals surface area contributed by atoms with Crippen molar-refractivity contribution in [1.82, 2.24) is 0 Å². The van der Waals surface area contributed by atoms with E-state index in [1.165, 1.54) is 0 Å².